The van der Waals surface area contributed by atoms with Crippen LogP contribution in [-0.2, 0) is 9.53 Å². The van der Waals surface area contributed by atoms with Crippen LogP contribution in [-0.4, -0.2) is 72.8 Å². The number of benzene rings is 1. The monoisotopic (exact) mass is 429 g/mol. The van der Waals surface area contributed by atoms with E-state index in [0.29, 0.717) is 56.5 Å². The Bertz CT molecular complexity index is 846. The number of hydrogen-bond acceptors (Lipinski definition) is 5. The van der Waals surface area contributed by atoms with Gasteiger partial charge in [-0.2, -0.15) is 0 Å². The van der Waals surface area contributed by atoms with Gasteiger partial charge in [-0.25, -0.2) is 0 Å². The van der Waals surface area contributed by atoms with Crippen molar-refractivity contribution in [3.05, 3.63) is 34.9 Å². The Morgan fingerprint density at radius 2 is 1.81 bits per heavy atom. The fourth-order valence-electron chi connectivity index (χ4n) is 4.03. The lowest BCUT2D eigenvalue weighted by Crippen LogP contribution is -2.46. The zero-order chi connectivity index (χ0) is 22.4. The Morgan fingerprint density at radius 3 is 2.48 bits per heavy atom. The van der Waals surface area contributed by atoms with Gasteiger partial charge in [0.1, 0.15) is 0 Å². The van der Waals surface area contributed by atoms with E-state index in [1.807, 2.05) is 4.90 Å². The van der Waals surface area contributed by atoms with Gasteiger partial charge in [-0.1, -0.05) is 13.3 Å². The first-order valence-electron chi connectivity index (χ1n) is 11.0. The molecule has 0 bridgehead atoms. The van der Waals surface area contributed by atoms with E-state index < -0.39 is 0 Å². The van der Waals surface area contributed by atoms with E-state index in [-0.39, 0.29) is 41.8 Å². The molecule has 1 fully saturated rings. The summed E-state index contributed by atoms with van der Waals surface area (Å²) in [6.07, 6.45) is 4.46. The molecule has 1 saturated heterocycles. The first-order valence-corrected chi connectivity index (χ1v) is 11.0. The molecule has 2 aliphatic heterocycles. The Morgan fingerprint density at radius 1 is 1.10 bits per heavy atom. The van der Waals surface area contributed by atoms with Crippen LogP contribution in [0.3, 0.4) is 0 Å². The Kier molecular flexibility index (Phi) is 7.79. The van der Waals surface area contributed by atoms with E-state index >= 15 is 0 Å². The fraction of sp³-hybridized carbons (Fsp3) is 0.565. The van der Waals surface area contributed by atoms with Crippen molar-refractivity contribution in [3.63, 3.8) is 0 Å². The molecule has 0 aromatic heterocycles. The second kappa shape index (κ2) is 10.5. The molecule has 1 N–H and O–H groups in total. The highest BCUT2D eigenvalue weighted by Crippen LogP contribution is 2.24. The number of rotatable bonds is 9. The molecule has 4 amide bonds. The number of carbonyl (C=O) groups is 4. The van der Waals surface area contributed by atoms with Gasteiger partial charge in [0, 0.05) is 51.4 Å². The van der Waals surface area contributed by atoms with Gasteiger partial charge < -0.3 is 15.0 Å². The minimum atomic E-state index is -0.371. The quantitative estimate of drug-likeness (QED) is 0.480. The Labute approximate surface area is 182 Å². The molecule has 0 saturated carbocycles. The van der Waals surface area contributed by atoms with E-state index in [9.17, 15) is 19.2 Å². The van der Waals surface area contributed by atoms with Crippen molar-refractivity contribution < 1.29 is 23.9 Å². The third-order valence-electron chi connectivity index (χ3n) is 5.89. The average Bonchev–Trinajstić information content (AvgIpc) is 3.02. The van der Waals surface area contributed by atoms with Crippen molar-refractivity contribution in [3.8, 4) is 0 Å². The van der Waals surface area contributed by atoms with Gasteiger partial charge in [-0.15, -0.1) is 0 Å². The summed E-state index contributed by atoms with van der Waals surface area (Å²) in [5.74, 6) is -0.784. The number of imide groups is 1. The maximum atomic E-state index is 12.7. The number of ether oxygens (including phenoxy) is 1. The number of unbranched alkanes of at least 4 members (excludes halogenated alkanes) is 1. The Hall–Kier alpha value is -2.74. The van der Waals surface area contributed by atoms with Crippen LogP contribution in [0.2, 0.25) is 0 Å². The van der Waals surface area contributed by atoms with Crippen molar-refractivity contribution in [2.45, 2.75) is 51.5 Å². The number of hydrogen-bond donors (Lipinski definition) is 1. The van der Waals surface area contributed by atoms with E-state index in [2.05, 4.69) is 12.2 Å². The largest absolute Gasteiger partial charge is 0.385 e. The molecule has 3 rings (SSSR count). The summed E-state index contributed by atoms with van der Waals surface area (Å²) in [5.41, 5.74) is 0.962. The maximum Gasteiger partial charge on any atom is 0.261 e. The van der Waals surface area contributed by atoms with E-state index in [4.69, 9.17) is 4.74 Å². The number of nitrogens with one attached hydrogen (secondary N) is 1. The van der Waals surface area contributed by atoms with Gasteiger partial charge in [0.2, 0.25) is 5.91 Å². The molecular formula is C23H31N3O5. The van der Waals surface area contributed by atoms with Crippen molar-refractivity contribution in [2.24, 2.45) is 0 Å². The number of nitrogens with zero attached hydrogens (tertiary/aromatic N) is 2. The van der Waals surface area contributed by atoms with Crippen molar-refractivity contribution in [1.29, 1.82) is 0 Å². The molecule has 8 nitrogen and oxygen atoms in total. The number of fused-ring (bicyclic) bond motifs is 1. The van der Waals surface area contributed by atoms with Crippen molar-refractivity contribution >= 4 is 23.6 Å². The zero-order valence-corrected chi connectivity index (χ0v) is 18.3. The summed E-state index contributed by atoms with van der Waals surface area (Å²) in [5, 5.41) is 3.00. The molecule has 1 aromatic carbocycles. The van der Waals surface area contributed by atoms with Crippen LogP contribution in [0.4, 0.5) is 0 Å². The summed E-state index contributed by atoms with van der Waals surface area (Å²) >= 11 is 0. The lowest BCUT2D eigenvalue weighted by atomic mass is 10.0. The molecule has 168 valence electrons. The molecule has 1 aromatic rings. The molecule has 2 heterocycles. The molecule has 0 aliphatic carbocycles. The molecule has 2 aliphatic rings. The van der Waals surface area contributed by atoms with Crippen LogP contribution in [0.15, 0.2) is 18.2 Å². The number of likely N-dealkylation sites (tertiary alicyclic amines) is 1. The number of piperidine rings is 1. The lowest BCUT2D eigenvalue weighted by Gasteiger charge is -2.32. The van der Waals surface area contributed by atoms with Crippen molar-refractivity contribution in [2.75, 3.05) is 33.4 Å². The third kappa shape index (κ3) is 5.31. The van der Waals surface area contributed by atoms with Crippen LogP contribution in [0, 0.1) is 0 Å². The number of amides is 4. The SMILES string of the molecule is CCCCC(=O)N1CCC(NC(=O)c2ccc3c(c2)C(=O)N(CCCOC)C3=O)CC1. The summed E-state index contributed by atoms with van der Waals surface area (Å²) in [6, 6.07) is 4.63. The van der Waals surface area contributed by atoms with E-state index in [1.165, 1.54) is 11.0 Å². The van der Waals surface area contributed by atoms with Gasteiger partial charge in [0.15, 0.2) is 0 Å². The molecule has 0 radical (unpaired) electrons. The highest BCUT2D eigenvalue weighted by Gasteiger charge is 2.35. The first-order chi connectivity index (χ1) is 15.0. The van der Waals surface area contributed by atoms with Crippen LogP contribution in [0.25, 0.3) is 0 Å². The molecule has 31 heavy (non-hydrogen) atoms. The van der Waals surface area contributed by atoms with E-state index in [1.54, 1.807) is 19.2 Å². The predicted octanol–water partition coefficient (Wildman–Crippen LogP) is 2.23. The predicted molar refractivity (Wildman–Crippen MR) is 115 cm³/mol. The topological polar surface area (TPSA) is 96.0 Å². The van der Waals surface area contributed by atoms with Crippen LogP contribution < -0.4 is 5.32 Å². The molecule has 8 heteroatoms. The van der Waals surface area contributed by atoms with Gasteiger partial charge in [-0.3, -0.25) is 24.1 Å². The maximum absolute atomic E-state index is 12.7. The first kappa shape index (κ1) is 22.9. The Balaban J connectivity index is 1.57. The summed E-state index contributed by atoms with van der Waals surface area (Å²) < 4.78 is 4.98. The highest BCUT2D eigenvalue weighted by atomic mass is 16.5. The molecule has 0 atom stereocenters. The van der Waals surface area contributed by atoms with E-state index in [0.717, 1.165) is 12.8 Å². The van der Waals surface area contributed by atoms with Crippen LogP contribution in [0.5, 0.6) is 0 Å². The lowest BCUT2D eigenvalue weighted by molar-refractivity contribution is -0.132. The van der Waals surface area contributed by atoms with Gasteiger partial charge in [-0.05, 0) is 43.9 Å². The number of carbonyl (C=O) groups excluding carboxylic acids is 4. The average molecular weight is 430 g/mol. The normalized spacial score (nSPS) is 16.6. The summed E-state index contributed by atoms with van der Waals surface area (Å²) in [6.45, 7) is 4.10. The standard InChI is InChI=1S/C23H31N3O5/c1-3-4-6-20(27)25-12-9-17(10-13-25)24-21(28)16-7-8-18-19(15-16)23(30)26(22(18)29)11-5-14-31-2/h7-8,15,17H,3-6,9-14H2,1-2H3,(H,24,28). The molecule has 0 spiro atoms. The van der Waals surface area contributed by atoms with Crippen LogP contribution in [0.1, 0.15) is 76.5 Å². The van der Waals surface area contributed by atoms with Gasteiger partial charge in [0.05, 0.1) is 11.1 Å². The fourth-order valence-corrected chi connectivity index (χ4v) is 4.03. The minimum Gasteiger partial charge on any atom is -0.385 e. The third-order valence-corrected chi connectivity index (χ3v) is 5.89. The second-order valence-electron chi connectivity index (χ2n) is 8.10. The number of methoxy groups -OCH3 is 1. The van der Waals surface area contributed by atoms with Crippen LogP contribution >= 0.6 is 0 Å². The summed E-state index contributed by atoms with van der Waals surface area (Å²) in [4.78, 5) is 53.1. The second-order valence-corrected chi connectivity index (χ2v) is 8.10. The highest BCUT2D eigenvalue weighted by molar-refractivity contribution is 6.22. The zero-order valence-electron chi connectivity index (χ0n) is 18.3. The van der Waals surface area contributed by atoms with Gasteiger partial charge in [0.25, 0.3) is 17.7 Å². The minimum absolute atomic E-state index is 0.0149. The van der Waals surface area contributed by atoms with Crippen molar-refractivity contribution in [1.82, 2.24) is 15.1 Å². The molecular weight excluding hydrogens is 398 g/mol. The summed E-state index contributed by atoms with van der Waals surface area (Å²) in [7, 11) is 1.57. The van der Waals surface area contributed by atoms with Gasteiger partial charge >= 0.3 is 0 Å². The smallest absolute Gasteiger partial charge is 0.261 e. The molecule has 0 unspecified atom stereocenters.